The van der Waals surface area contributed by atoms with Crippen molar-refractivity contribution in [3.8, 4) is 5.75 Å². The Morgan fingerprint density at radius 2 is 2.10 bits per heavy atom. The lowest BCUT2D eigenvalue weighted by molar-refractivity contribution is 0.140. The van der Waals surface area contributed by atoms with E-state index in [0.29, 0.717) is 0 Å². The van der Waals surface area contributed by atoms with Crippen molar-refractivity contribution >= 4 is 0 Å². The fourth-order valence-electron chi connectivity index (χ4n) is 3.27. The first-order chi connectivity index (χ1) is 10.2. The number of nitrogens with one attached hydrogen (secondary N) is 1. The fraction of sp³-hybridized carbons (Fsp3) is 0.667. The maximum Gasteiger partial charge on any atom is 0.123 e. The van der Waals surface area contributed by atoms with Crippen LogP contribution in [0.3, 0.4) is 0 Å². The number of hydrogen-bond donors (Lipinski definition) is 1. The van der Waals surface area contributed by atoms with Gasteiger partial charge in [0.15, 0.2) is 0 Å². The third-order valence-corrected chi connectivity index (χ3v) is 4.57. The Morgan fingerprint density at radius 3 is 2.86 bits per heavy atom. The summed E-state index contributed by atoms with van der Waals surface area (Å²) in [4.78, 5) is 2.48. The predicted octanol–water partition coefficient (Wildman–Crippen LogP) is 3.30. The van der Waals surface area contributed by atoms with E-state index in [9.17, 15) is 0 Å². The summed E-state index contributed by atoms with van der Waals surface area (Å²) < 4.78 is 6.00. The summed E-state index contributed by atoms with van der Waals surface area (Å²) in [6.45, 7) is 5.00. The second-order valence-electron chi connectivity index (χ2n) is 6.39. The van der Waals surface area contributed by atoms with Gasteiger partial charge in [-0.15, -0.1) is 0 Å². The second-order valence-corrected chi connectivity index (χ2v) is 6.39. The van der Waals surface area contributed by atoms with Crippen LogP contribution < -0.4 is 10.1 Å². The average molecular weight is 290 g/mol. The summed E-state index contributed by atoms with van der Waals surface area (Å²) in [7, 11) is 4.21. The molecule has 1 aliphatic carbocycles. The number of likely N-dealkylation sites (N-methyl/N-ethyl adjacent to an activating group) is 1. The molecule has 3 heteroatoms. The Labute approximate surface area is 129 Å². The molecule has 21 heavy (non-hydrogen) atoms. The standard InChI is InChI=1S/C18H30N2O/c1-15-7-6-9-17(13-15)20(3)11-12-21-18-10-5-4-8-16(18)14-19-2/h4-5,8,10,15,17,19H,6-7,9,11-14H2,1-3H3. The van der Waals surface area contributed by atoms with Crippen molar-refractivity contribution in [3.63, 3.8) is 0 Å². The monoisotopic (exact) mass is 290 g/mol. The largest absolute Gasteiger partial charge is 0.492 e. The number of benzene rings is 1. The van der Waals surface area contributed by atoms with Crippen LogP contribution in [0.15, 0.2) is 24.3 Å². The van der Waals surface area contributed by atoms with E-state index in [0.717, 1.165) is 37.4 Å². The van der Waals surface area contributed by atoms with Crippen molar-refractivity contribution in [1.29, 1.82) is 0 Å². The van der Waals surface area contributed by atoms with E-state index in [4.69, 9.17) is 4.74 Å². The normalized spacial score (nSPS) is 22.5. The summed E-state index contributed by atoms with van der Waals surface area (Å²) in [6.07, 6.45) is 5.46. The van der Waals surface area contributed by atoms with Crippen molar-refractivity contribution in [2.45, 2.75) is 45.2 Å². The van der Waals surface area contributed by atoms with Crippen LogP contribution in [0.5, 0.6) is 5.75 Å². The van der Waals surface area contributed by atoms with Crippen molar-refractivity contribution in [3.05, 3.63) is 29.8 Å². The SMILES string of the molecule is CNCc1ccccc1OCCN(C)C1CCCC(C)C1. The van der Waals surface area contributed by atoms with Gasteiger partial charge in [0, 0.05) is 24.7 Å². The van der Waals surface area contributed by atoms with Crippen LogP contribution in [-0.4, -0.2) is 38.2 Å². The minimum absolute atomic E-state index is 0.741. The highest BCUT2D eigenvalue weighted by molar-refractivity contribution is 5.33. The lowest BCUT2D eigenvalue weighted by Gasteiger charge is -2.34. The van der Waals surface area contributed by atoms with Gasteiger partial charge in [-0.05, 0) is 38.9 Å². The molecule has 0 aromatic heterocycles. The topological polar surface area (TPSA) is 24.5 Å². The summed E-state index contributed by atoms with van der Waals surface area (Å²) >= 11 is 0. The maximum absolute atomic E-state index is 6.00. The summed E-state index contributed by atoms with van der Waals surface area (Å²) in [5.41, 5.74) is 1.23. The van der Waals surface area contributed by atoms with Gasteiger partial charge in [-0.1, -0.05) is 38.0 Å². The van der Waals surface area contributed by atoms with E-state index >= 15 is 0 Å². The highest BCUT2D eigenvalue weighted by Gasteiger charge is 2.22. The van der Waals surface area contributed by atoms with Gasteiger partial charge in [0.2, 0.25) is 0 Å². The van der Waals surface area contributed by atoms with Gasteiger partial charge < -0.3 is 15.0 Å². The number of hydrogen-bond acceptors (Lipinski definition) is 3. The quantitative estimate of drug-likeness (QED) is 0.834. The molecule has 1 saturated carbocycles. The van der Waals surface area contributed by atoms with E-state index in [1.165, 1.54) is 31.2 Å². The molecule has 0 amide bonds. The minimum atomic E-state index is 0.741. The molecule has 3 nitrogen and oxygen atoms in total. The summed E-state index contributed by atoms with van der Waals surface area (Å²) in [5, 5.41) is 3.19. The van der Waals surface area contributed by atoms with Gasteiger partial charge in [-0.25, -0.2) is 0 Å². The van der Waals surface area contributed by atoms with E-state index in [-0.39, 0.29) is 0 Å². The fourth-order valence-corrected chi connectivity index (χ4v) is 3.27. The molecule has 2 atom stereocenters. The summed E-state index contributed by atoms with van der Waals surface area (Å²) in [6, 6.07) is 9.04. The molecule has 0 saturated heterocycles. The van der Waals surface area contributed by atoms with Crippen LogP contribution >= 0.6 is 0 Å². The Kier molecular flexibility index (Phi) is 6.52. The summed E-state index contributed by atoms with van der Waals surface area (Å²) in [5.74, 6) is 1.89. The van der Waals surface area contributed by atoms with Crippen LogP contribution in [0, 0.1) is 5.92 Å². The van der Waals surface area contributed by atoms with Gasteiger partial charge in [0.1, 0.15) is 12.4 Å². The molecule has 2 unspecified atom stereocenters. The van der Waals surface area contributed by atoms with Crippen LogP contribution in [0.25, 0.3) is 0 Å². The molecule has 1 aliphatic rings. The Bertz CT molecular complexity index is 421. The minimum Gasteiger partial charge on any atom is -0.492 e. The van der Waals surface area contributed by atoms with E-state index < -0.39 is 0 Å². The highest BCUT2D eigenvalue weighted by Crippen LogP contribution is 2.26. The van der Waals surface area contributed by atoms with Gasteiger partial charge in [0.25, 0.3) is 0 Å². The van der Waals surface area contributed by atoms with Gasteiger partial charge in [-0.2, -0.15) is 0 Å². The van der Waals surface area contributed by atoms with Crippen LogP contribution in [0.4, 0.5) is 0 Å². The van der Waals surface area contributed by atoms with Gasteiger partial charge >= 0.3 is 0 Å². The molecule has 0 spiro atoms. The molecular weight excluding hydrogens is 260 g/mol. The predicted molar refractivity (Wildman–Crippen MR) is 88.8 cm³/mol. The van der Waals surface area contributed by atoms with Crippen molar-refractivity contribution in [2.24, 2.45) is 5.92 Å². The maximum atomic E-state index is 6.00. The smallest absolute Gasteiger partial charge is 0.123 e. The van der Waals surface area contributed by atoms with Crippen molar-refractivity contribution in [2.75, 3.05) is 27.2 Å². The first-order valence-electron chi connectivity index (χ1n) is 8.26. The third-order valence-electron chi connectivity index (χ3n) is 4.57. The van der Waals surface area contributed by atoms with Gasteiger partial charge in [0.05, 0.1) is 0 Å². The molecule has 0 heterocycles. The Hall–Kier alpha value is -1.06. The van der Waals surface area contributed by atoms with Crippen LogP contribution in [0.2, 0.25) is 0 Å². The van der Waals surface area contributed by atoms with Crippen LogP contribution in [0.1, 0.15) is 38.2 Å². The van der Waals surface area contributed by atoms with Crippen molar-refractivity contribution < 1.29 is 4.74 Å². The zero-order valence-electron chi connectivity index (χ0n) is 13.8. The highest BCUT2D eigenvalue weighted by atomic mass is 16.5. The molecule has 1 aromatic rings. The molecule has 1 aromatic carbocycles. The number of para-hydroxylation sites is 1. The number of ether oxygens (including phenoxy) is 1. The molecule has 2 rings (SSSR count). The van der Waals surface area contributed by atoms with E-state index in [1.807, 2.05) is 13.1 Å². The number of nitrogens with zero attached hydrogens (tertiary/aromatic N) is 1. The first-order valence-corrected chi connectivity index (χ1v) is 8.26. The third kappa shape index (κ3) is 5.01. The molecule has 118 valence electrons. The first kappa shape index (κ1) is 16.3. The molecule has 1 fully saturated rings. The lowest BCUT2D eigenvalue weighted by Crippen LogP contribution is -2.38. The van der Waals surface area contributed by atoms with E-state index in [2.05, 4.69) is 42.4 Å². The Balaban J connectivity index is 1.78. The van der Waals surface area contributed by atoms with Crippen LogP contribution in [-0.2, 0) is 6.54 Å². The molecular formula is C18H30N2O. The molecule has 0 bridgehead atoms. The zero-order chi connectivity index (χ0) is 15.1. The van der Waals surface area contributed by atoms with Crippen molar-refractivity contribution in [1.82, 2.24) is 10.2 Å². The molecule has 0 radical (unpaired) electrons. The van der Waals surface area contributed by atoms with E-state index in [1.54, 1.807) is 0 Å². The average Bonchev–Trinajstić information content (AvgIpc) is 2.49. The zero-order valence-corrected chi connectivity index (χ0v) is 13.8. The Morgan fingerprint density at radius 1 is 1.29 bits per heavy atom. The molecule has 0 aliphatic heterocycles. The lowest BCUT2D eigenvalue weighted by atomic mass is 9.86. The number of rotatable bonds is 7. The van der Waals surface area contributed by atoms with Gasteiger partial charge in [-0.3, -0.25) is 0 Å². The molecule has 1 N–H and O–H groups in total. The second kappa shape index (κ2) is 8.40.